The summed E-state index contributed by atoms with van der Waals surface area (Å²) in [6.45, 7) is 5.26. The molecule has 4 nitrogen and oxygen atoms in total. The van der Waals surface area contributed by atoms with Crippen molar-refractivity contribution in [3.63, 3.8) is 0 Å². The molecule has 0 aromatic carbocycles. The van der Waals surface area contributed by atoms with Gasteiger partial charge in [-0.2, -0.15) is 0 Å². The van der Waals surface area contributed by atoms with Crippen molar-refractivity contribution in [2.24, 2.45) is 0 Å². The van der Waals surface area contributed by atoms with Gasteiger partial charge in [0.1, 0.15) is 0 Å². The number of hydrogen-bond acceptors (Lipinski definition) is 4. The van der Waals surface area contributed by atoms with Crippen molar-refractivity contribution in [3.05, 3.63) is 11.8 Å². The molecule has 0 spiro atoms. The molecule has 1 aliphatic heterocycles. The zero-order valence-electron chi connectivity index (χ0n) is 10.2. The Labute approximate surface area is 96.8 Å². The van der Waals surface area contributed by atoms with Crippen molar-refractivity contribution >= 4 is 0 Å². The molecule has 0 bridgehead atoms. The molecule has 1 aromatic heterocycles. The summed E-state index contributed by atoms with van der Waals surface area (Å²) in [5.41, 5.74) is 0. The third-order valence-electron chi connectivity index (χ3n) is 3.06. The fourth-order valence-corrected chi connectivity index (χ4v) is 2.07. The average molecular weight is 223 g/mol. The molecular formula is C12H21N3O. The summed E-state index contributed by atoms with van der Waals surface area (Å²) in [7, 11) is 0. The van der Waals surface area contributed by atoms with Gasteiger partial charge in [0.2, 0.25) is 11.8 Å². The number of nitrogens with one attached hydrogen (secondary N) is 1. The van der Waals surface area contributed by atoms with Crippen molar-refractivity contribution < 1.29 is 4.42 Å². The Morgan fingerprint density at radius 1 is 1.31 bits per heavy atom. The number of nitrogens with zero attached hydrogens (tertiary/aromatic N) is 2. The second kappa shape index (κ2) is 5.43. The van der Waals surface area contributed by atoms with E-state index in [1.807, 2.05) is 0 Å². The molecule has 90 valence electrons. The van der Waals surface area contributed by atoms with Crippen molar-refractivity contribution in [2.45, 2.75) is 57.9 Å². The fraction of sp³-hybridized carbons (Fsp3) is 0.833. The Morgan fingerprint density at radius 3 is 2.94 bits per heavy atom. The molecule has 1 N–H and O–H groups in total. The number of rotatable bonds is 3. The lowest BCUT2D eigenvalue weighted by Gasteiger charge is -2.12. The quantitative estimate of drug-likeness (QED) is 0.854. The van der Waals surface area contributed by atoms with E-state index in [1.54, 1.807) is 0 Å². The Morgan fingerprint density at radius 2 is 2.19 bits per heavy atom. The third kappa shape index (κ3) is 3.04. The highest BCUT2D eigenvalue weighted by atomic mass is 16.4. The van der Waals surface area contributed by atoms with E-state index >= 15 is 0 Å². The monoisotopic (exact) mass is 223 g/mol. The molecule has 16 heavy (non-hydrogen) atoms. The minimum absolute atomic E-state index is 0.323. The highest BCUT2D eigenvalue weighted by molar-refractivity contribution is 4.90. The lowest BCUT2D eigenvalue weighted by Crippen LogP contribution is -2.30. The summed E-state index contributed by atoms with van der Waals surface area (Å²) < 4.78 is 5.63. The first-order valence-corrected chi connectivity index (χ1v) is 6.31. The van der Waals surface area contributed by atoms with Crippen LogP contribution in [0.1, 0.15) is 57.2 Å². The van der Waals surface area contributed by atoms with Gasteiger partial charge >= 0.3 is 0 Å². The molecule has 1 aliphatic rings. The van der Waals surface area contributed by atoms with E-state index in [2.05, 4.69) is 29.4 Å². The molecule has 0 aliphatic carbocycles. The number of aromatic nitrogens is 2. The lowest BCUT2D eigenvalue weighted by atomic mass is 10.1. The summed E-state index contributed by atoms with van der Waals surface area (Å²) in [5, 5.41) is 11.7. The van der Waals surface area contributed by atoms with Crippen LogP contribution in [-0.4, -0.2) is 22.8 Å². The molecule has 1 fully saturated rings. The van der Waals surface area contributed by atoms with Crippen LogP contribution in [0.2, 0.25) is 0 Å². The predicted molar refractivity (Wildman–Crippen MR) is 62.3 cm³/mol. The minimum Gasteiger partial charge on any atom is -0.425 e. The normalized spacial score (nSPS) is 22.3. The first kappa shape index (κ1) is 11.6. The summed E-state index contributed by atoms with van der Waals surface area (Å²) in [5.74, 6) is 1.86. The van der Waals surface area contributed by atoms with Gasteiger partial charge in [-0.1, -0.05) is 26.7 Å². The third-order valence-corrected chi connectivity index (χ3v) is 3.06. The molecule has 0 saturated carbocycles. The van der Waals surface area contributed by atoms with Gasteiger partial charge in [-0.05, 0) is 19.4 Å². The summed E-state index contributed by atoms with van der Waals surface area (Å²) in [4.78, 5) is 0. The Balaban J connectivity index is 1.91. The highest BCUT2D eigenvalue weighted by Crippen LogP contribution is 2.15. The molecule has 2 heterocycles. The van der Waals surface area contributed by atoms with E-state index in [0.29, 0.717) is 12.0 Å². The average Bonchev–Trinajstić information content (AvgIpc) is 2.56. The largest absolute Gasteiger partial charge is 0.425 e. The van der Waals surface area contributed by atoms with Gasteiger partial charge in [-0.25, -0.2) is 0 Å². The van der Waals surface area contributed by atoms with E-state index in [-0.39, 0.29) is 0 Å². The molecule has 1 saturated heterocycles. The maximum atomic E-state index is 5.63. The van der Waals surface area contributed by atoms with E-state index in [1.165, 1.54) is 25.7 Å². The maximum Gasteiger partial charge on any atom is 0.219 e. The lowest BCUT2D eigenvalue weighted by molar-refractivity contribution is 0.396. The summed E-state index contributed by atoms with van der Waals surface area (Å²) >= 11 is 0. The molecular weight excluding hydrogens is 202 g/mol. The van der Waals surface area contributed by atoms with Gasteiger partial charge in [-0.3, -0.25) is 0 Å². The van der Waals surface area contributed by atoms with Gasteiger partial charge in [0, 0.05) is 18.4 Å². The predicted octanol–water partition coefficient (Wildman–Crippen LogP) is 2.27. The topological polar surface area (TPSA) is 51.0 Å². The molecule has 1 unspecified atom stereocenters. The molecule has 1 aromatic rings. The highest BCUT2D eigenvalue weighted by Gasteiger charge is 2.16. The van der Waals surface area contributed by atoms with Crippen molar-refractivity contribution in [3.8, 4) is 0 Å². The van der Waals surface area contributed by atoms with Gasteiger partial charge in [0.25, 0.3) is 0 Å². The standard InChI is InChI=1S/C12H21N3O/c1-9(2)12-15-14-11(16-12)8-10-6-4-3-5-7-13-10/h9-10,13H,3-8H2,1-2H3. The maximum absolute atomic E-state index is 5.63. The Hall–Kier alpha value is -0.900. The molecule has 4 heteroatoms. The first-order chi connectivity index (χ1) is 7.75. The zero-order chi connectivity index (χ0) is 11.4. The van der Waals surface area contributed by atoms with Crippen molar-refractivity contribution in [1.82, 2.24) is 15.5 Å². The number of hydrogen-bond donors (Lipinski definition) is 1. The summed E-state index contributed by atoms with van der Waals surface area (Å²) in [6.07, 6.45) is 6.03. The van der Waals surface area contributed by atoms with Gasteiger partial charge in [0.05, 0.1) is 0 Å². The van der Waals surface area contributed by atoms with Crippen LogP contribution >= 0.6 is 0 Å². The molecule has 0 radical (unpaired) electrons. The second-order valence-electron chi connectivity index (χ2n) is 4.89. The van der Waals surface area contributed by atoms with Crippen LogP contribution in [0.3, 0.4) is 0 Å². The minimum atomic E-state index is 0.323. The molecule has 0 amide bonds. The van der Waals surface area contributed by atoms with E-state index in [0.717, 1.165) is 24.7 Å². The van der Waals surface area contributed by atoms with E-state index in [9.17, 15) is 0 Å². The molecule has 2 rings (SSSR count). The van der Waals surface area contributed by atoms with Crippen LogP contribution in [0.5, 0.6) is 0 Å². The van der Waals surface area contributed by atoms with Crippen LogP contribution < -0.4 is 5.32 Å². The van der Waals surface area contributed by atoms with Crippen LogP contribution in [0, 0.1) is 0 Å². The Bertz CT molecular complexity index is 314. The van der Waals surface area contributed by atoms with Crippen LogP contribution in [0.25, 0.3) is 0 Å². The molecule has 1 atom stereocenters. The van der Waals surface area contributed by atoms with Gasteiger partial charge in [-0.15, -0.1) is 10.2 Å². The SMILES string of the molecule is CC(C)c1nnc(CC2CCCCCN2)o1. The van der Waals surface area contributed by atoms with Crippen molar-refractivity contribution in [1.29, 1.82) is 0 Å². The van der Waals surface area contributed by atoms with E-state index in [4.69, 9.17) is 4.42 Å². The van der Waals surface area contributed by atoms with Crippen molar-refractivity contribution in [2.75, 3.05) is 6.54 Å². The van der Waals surface area contributed by atoms with Crippen LogP contribution in [-0.2, 0) is 6.42 Å². The van der Waals surface area contributed by atoms with Gasteiger partial charge in [0.15, 0.2) is 0 Å². The van der Waals surface area contributed by atoms with E-state index < -0.39 is 0 Å². The Kier molecular flexibility index (Phi) is 3.93. The smallest absolute Gasteiger partial charge is 0.219 e. The zero-order valence-corrected chi connectivity index (χ0v) is 10.2. The van der Waals surface area contributed by atoms with Crippen LogP contribution in [0.15, 0.2) is 4.42 Å². The summed E-state index contributed by atoms with van der Waals surface area (Å²) in [6, 6.07) is 0.517. The first-order valence-electron chi connectivity index (χ1n) is 6.31. The fourth-order valence-electron chi connectivity index (χ4n) is 2.07. The second-order valence-corrected chi connectivity index (χ2v) is 4.89. The van der Waals surface area contributed by atoms with Gasteiger partial charge < -0.3 is 9.73 Å². The van der Waals surface area contributed by atoms with Crippen LogP contribution in [0.4, 0.5) is 0 Å².